The molecule has 1 heterocycles. The lowest BCUT2D eigenvalue weighted by Crippen LogP contribution is -2.67. The van der Waals surface area contributed by atoms with E-state index in [1.54, 1.807) is 36.4 Å². The maximum atomic E-state index is 14.9. The summed E-state index contributed by atoms with van der Waals surface area (Å²) in [5.41, 5.74) is 3.94. The SMILES string of the molecule is C[C@H](c1ccc(F)cc1F)C(Cc1ccccc1)(C(N)=O)N1C(=O)Nc2ccccc2S1(=O)=O. The summed E-state index contributed by atoms with van der Waals surface area (Å²) in [6, 6.07) is 15.7. The molecule has 0 saturated carbocycles. The Morgan fingerprint density at radius 3 is 2.35 bits per heavy atom. The lowest BCUT2D eigenvalue weighted by Gasteiger charge is -2.46. The van der Waals surface area contributed by atoms with Gasteiger partial charge in [0.2, 0.25) is 5.91 Å². The summed E-state index contributed by atoms with van der Waals surface area (Å²) < 4.78 is 56.4. The number of rotatable bonds is 6. The van der Waals surface area contributed by atoms with Crippen LogP contribution in [0.2, 0.25) is 0 Å². The number of carbonyl (C=O) groups is 2. The van der Waals surface area contributed by atoms with Gasteiger partial charge in [0.15, 0.2) is 0 Å². The van der Waals surface area contributed by atoms with E-state index in [2.05, 4.69) is 5.32 Å². The maximum absolute atomic E-state index is 14.9. The molecule has 0 spiro atoms. The van der Waals surface area contributed by atoms with Crippen molar-refractivity contribution in [2.24, 2.45) is 5.73 Å². The fourth-order valence-electron chi connectivity index (χ4n) is 4.38. The third-order valence-electron chi connectivity index (χ3n) is 6.08. The van der Waals surface area contributed by atoms with Crippen molar-refractivity contribution in [3.05, 3.63) is 95.6 Å². The summed E-state index contributed by atoms with van der Waals surface area (Å²) in [6.45, 7) is 1.38. The van der Waals surface area contributed by atoms with Gasteiger partial charge in [0.1, 0.15) is 22.1 Å². The van der Waals surface area contributed by atoms with Crippen LogP contribution in [0.5, 0.6) is 0 Å². The number of benzene rings is 3. The molecule has 0 aliphatic carbocycles. The molecule has 7 nitrogen and oxygen atoms in total. The van der Waals surface area contributed by atoms with Crippen molar-refractivity contribution in [2.45, 2.75) is 29.7 Å². The van der Waals surface area contributed by atoms with Gasteiger partial charge in [0.25, 0.3) is 10.0 Å². The normalized spacial score (nSPS) is 17.3. The van der Waals surface area contributed by atoms with Gasteiger partial charge >= 0.3 is 6.03 Å². The number of anilines is 1. The van der Waals surface area contributed by atoms with E-state index in [4.69, 9.17) is 5.73 Å². The molecule has 1 unspecified atom stereocenters. The maximum Gasteiger partial charge on any atom is 0.336 e. The van der Waals surface area contributed by atoms with Crippen LogP contribution in [0.1, 0.15) is 24.0 Å². The number of carbonyl (C=O) groups excluding carboxylic acids is 2. The number of urea groups is 1. The van der Waals surface area contributed by atoms with Crippen molar-refractivity contribution in [1.29, 1.82) is 0 Å². The molecule has 0 bridgehead atoms. The third kappa shape index (κ3) is 3.69. The summed E-state index contributed by atoms with van der Waals surface area (Å²) >= 11 is 0. The fourth-order valence-corrected chi connectivity index (χ4v) is 6.23. The number of halogens is 2. The Bertz CT molecular complexity index is 1380. The van der Waals surface area contributed by atoms with Crippen LogP contribution in [0.25, 0.3) is 0 Å². The average molecular weight is 486 g/mol. The summed E-state index contributed by atoms with van der Waals surface area (Å²) in [5, 5.41) is 2.49. The molecule has 3 aromatic rings. The Balaban J connectivity index is 2.01. The van der Waals surface area contributed by atoms with E-state index in [0.717, 1.165) is 12.1 Å². The number of para-hydroxylation sites is 1. The number of hydrogen-bond donors (Lipinski definition) is 2. The minimum atomic E-state index is -4.60. The largest absolute Gasteiger partial charge is 0.368 e. The molecule has 0 fully saturated rings. The van der Waals surface area contributed by atoms with Crippen molar-refractivity contribution >= 4 is 27.6 Å². The first-order valence-electron chi connectivity index (χ1n) is 10.3. The zero-order valence-corrected chi connectivity index (χ0v) is 18.9. The molecule has 34 heavy (non-hydrogen) atoms. The first-order valence-corrected chi connectivity index (χ1v) is 11.8. The molecule has 3 aromatic carbocycles. The van der Waals surface area contributed by atoms with Gasteiger partial charge < -0.3 is 11.1 Å². The van der Waals surface area contributed by atoms with Crippen LogP contribution < -0.4 is 11.1 Å². The molecule has 4 rings (SSSR count). The minimum Gasteiger partial charge on any atom is -0.368 e. The van der Waals surface area contributed by atoms with Crippen molar-refractivity contribution < 1.29 is 26.8 Å². The van der Waals surface area contributed by atoms with Gasteiger partial charge in [0, 0.05) is 18.4 Å². The van der Waals surface area contributed by atoms with Gasteiger partial charge in [-0.2, -0.15) is 0 Å². The second-order valence-corrected chi connectivity index (χ2v) is 9.79. The van der Waals surface area contributed by atoms with E-state index in [9.17, 15) is 26.8 Å². The van der Waals surface area contributed by atoms with Crippen molar-refractivity contribution in [3.63, 3.8) is 0 Å². The van der Waals surface area contributed by atoms with Crippen LogP contribution in [0.15, 0.2) is 77.7 Å². The number of fused-ring (bicyclic) bond motifs is 1. The van der Waals surface area contributed by atoms with Gasteiger partial charge in [-0.1, -0.05) is 55.5 Å². The standard InChI is InChI=1S/C24H21F2N3O4S/c1-15(18-12-11-17(25)13-19(18)26)24(22(27)30,14-16-7-3-2-4-8-16)29-23(31)28-20-9-5-6-10-21(20)34(29,32)33/h2-13,15H,14H2,1H3,(H2,27,30)(H,28,31)/t15-,24?/m1/s1. The smallest absolute Gasteiger partial charge is 0.336 e. The predicted molar refractivity (Wildman–Crippen MR) is 121 cm³/mol. The molecule has 1 aliphatic heterocycles. The zero-order chi connectivity index (χ0) is 24.7. The second-order valence-electron chi connectivity index (χ2n) is 8.03. The Morgan fingerprint density at radius 1 is 1.06 bits per heavy atom. The van der Waals surface area contributed by atoms with Gasteiger partial charge in [-0.15, -0.1) is 0 Å². The molecule has 0 aromatic heterocycles. The van der Waals surface area contributed by atoms with Crippen molar-refractivity contribution in [1.82, 2.24) is 4.31 Å². The highest BCUT2D eigenvalue weighted by molar-refractivity contribution is 7.90. The van der Waals surface area contributed by atoms with Crippen LogP contribution in [-0.4, -0.2) is 30.2 Å². The number of hydrogen-bond acceptors (Lipinski definition) is 4. The van der Waals surface area contributed by atoms with Gasteiger partial charge in [-0.25, -0.2) is 26.3 Å². The molecule has 1 aliphatic rings. The first-order chi connectivity index (χ1) is 16.1. The number of nitrogens with zero attached hydrogens (tertiary/aromatic N) is 1. The molecular weight excluding hydrogens is 464 g/mol. The van der Waals surface area contributed by atoms with E-state index in [-0.39, 0.29) is 22.6 Å². The molecule has 10 heteroatoms. The molecule has 176 valence electrons. The lowest BCUT2D eigenvalue weighted by atomic mass is 9.75. The quantitative estimate of drug-likeness (QED) is 0.554. The second kappa shape index (κ2) is 8.53. The van der Waals surface area contributed by atoms with Crippen molar-refractivity contribution in [2.75, 3.05) is 5.32 Å². The van der Waals surface area contributed by atoms with Crippen LogP contribution in [-0.2, 0) is 21.2 Å². The number of nitrogens with one attached hydrogen (secondary N) is 1. The summed E-state index contributed by atoms with van der Waals surface area (Å²) in [7, 11) is -4.60. The molecule has 0 radical (unpaired) electrons. The Hall–Kier alpha value is -3.79. The number of primary amides is 1. The lowest BCUT2D eigenvalue weighted by molar-refractivity contribution is -0.127. The number of amides is 3. The Labute approximate surface area is 195 Å². The third-order valence-corrected chi connectivity index (χ3v) is 7.97. The monoisotopic (exact) mass is 485 g/mol. The highest BCUT2D eigenvalue weighted by Crippen LogP contribution is 2.43. The first kappa shape index (κ1) is 23.4. The van der Waals surface area contributed by atoms with Crippen molar-refractivity contribution in [3.8, 4) is 0 Å². The minimum absolute atomic E-state index is 0.0439. The van der Waals surface area contributed by atoms with Gasteiger partial charge in [-0.05, 0) is 29.3 Å². The van der Waals surface area contributed by atoms with Crippen LogP contribution in [0, 0.1) is 11.6 Å². The zero-order valence-electron chi connectivity index (χ0n) is 18.0. The van der Waals surface area contributed by atoms with E-state index in [1.165, 1.54) is 25.1 Å². The number of nitrogens with two attached hydrogens (primary N) is 1. The van der Waals surface area contributed by atoms with Crippen LogP contribution in [0.4, 0.5) is 19.3 Å². The average Bonchev–Trinajstić information content (AvgIpc) is 2.78. The van der Waals surface area contributed by atoms with E-state index in [1.807, 2.05) is 0 Å². The fraction of sp³-hybridized carbons (Fsp3) is 0.167. The van der Waals surface area contributed by atoms with Crippen LogP contribution >= 0.6 is 0 Å². The summed E-state index contributed by atoms with van der Waals surface area (Å²) in [4.78, 5) is 26.2. The van der Waals surface area contributed by atoms with Gasteiger partial charge in [-0.3, -0.25) is 4.79 Å². The molecule has 3 N–H and O–H groups in total. The number of sulfonamides is 1. The van der Waals surface area contributed by atoms with Gasteiger partial charge in [0.05, 0.1) is 5.69 Å². The highest BCUT2D eigenvalue weighted by atomic mass is 32.2. The highest BCUT2D eigenvalue weighted by Gasteiger charge is 2.57. The molecule has 0 saturated heterocycles. The predicted octanol–water partition coefficient (Wildman–Crippen LogP) is 3.77. The summed E-state index contributed by atoms with van der Waals surface area (Å²) in [5.74, 6) is -4.29. The van der Waals surface area contributed by atoms with E-state index in [0.29, 0.717) is 15.9 Å². The summed E-state index contributed by atoms with van der Waals surface area (Å²) in [6.07, 6.45) is -0.337. The Kier molecular flexibility index (Phi) is 5.86. The van der Waals surface area contributed by atoms with E-state index >= 15 is 0 Å². The van der Waals surface area contributed by atoms with Crippen LogP contribution in [0.3, 0.4) is 0 Å². The topological polar surface area (TPSA) is 110 Å². The molecule has 2 atom stereocenters. The molecule has 3 amide bonds. The van der Waals surface area contributed by atoms with E-state index < -0.39 is 45.1 Å². The Morgan fingerprint density at radius 2 is 1.71 bits per heavy atom. The molecular formula is C24H21F2N3O4S.